The zero-order valence-corrected chi connectivity index (χ0v) is 62.4. The number of aliphatic carboxylic acids is 4. The van der Waals surface area contributed by atoms with Gasteiger partial charge in [-0.3, -0.25) is 39.4 Å². The maximum atomic E-state index is 12.9. The molecule has 1 saturated carbocycles. The van der Waals surface area contributed by atoms with Crippen molar-refractivity contribution in [3.8, 4) is 11.6 Å². The van der Waals surface area contributed by atoms with Gasteiger partial charge >= 0.3 is 23.9 Å². The van der Waals surface area contributed by atoms with Gasteiger partial charge in [0.1, 0.15) is 31.9 Å². The second kappa shape index (κ2) is 41.0. The number of carboxylic acids is 4. The molecule has 11 rings (SSSR count). The highest BCUT2D eigenvalue weighted by molar-refractivity contribution is 6.04. The molecule has 0 bridgehead atoms. The lowest BCUT2D eigenvalue weighted by Gasteiger charge is -2.22. The molecule has 1 aliphatic carbocycles. The standard InChI is InChI=1S/C24H30N6O3.C18H20N6O5.2C15H24N6O2/c1-2-3-13-25-21-20-22(30(15-26-20)14-19(31)32)28-24(27-21)29-23(33)18-11-9-17(10-12-18)16-7-5-4-6-8-16;1-2-3-4-9-19-18-21-16-15(20-11-23(16)10-14(25)26)17(22-18)29-13-7-5-12(6-8-13)24(27)28;1-4-5-6-7-16-15-19-13(18-10(2)3)12-14(20-15)21(9-17-12)8-11(22)23;1-4-6-7-8-16-15-18-13(20(3)5-2)12-14(19-15)21(10-17-12)9-11(22)23/h9-12,15-16H,2-8,13-14H2,1H3,(H,31,32)(H2,25,27,28,29,33);5-8,11H,2-4,9-10H2,1H3,(H,25,26)(H,19,21,22);9-10H,4-8H2,1-3H3,(H,22,23)(H2,16,18,19,20);10H,4-9H2,1-3H3,(H,22,23)(H,16,18,19). The van der Waals surface area contributed by atoms with E-state index >= 15 is 0 Å². The van der Waals surface area contributed by atoms with Crippen molar-refractivity contribution in [2.45, 2.75) is 189 Å². The Hall–Kier alpha value is -12.0. The molecule has 0 spiro atoms. The van der Waals surface area contributed by atoms with Crippen molar-refractivity contribution in [1.29, 1.82) is 0 Å². The van der Waals surface area contributed by atoms with Crippen LogP contribution in [-0.2, 0) is 45.4 Å². The van der Waals surface area contributed by atoms with Crippen LogP contribution in [0.15, 0.2) is 73.8 Å². The largest absolute Gasteiger partial charge is 0.480 e. The third-order valence-electron chi connectivity index (χ3n) is 17.0. The van der Waals surface area contributed by atoms with Crippen LogP contribution >= 0.6 is 0 Å². The van der Waals surface area contributed by atoms with Crippen molar-refractivity contribution in [3.63, 3.8) is 0 Å². The van der Waals surface area contributed by atoms with Crippen LogP contribution in [-0.4, -0.2) is 179 Å². The van der Waals surface area contributed by atoms with Crippen LogP contribution in [0.5, 0.6) is 11.6 Å². The van der Waals surface area contributed by atoms with Gasteiger partial charge in [-0.05, 0) is 95.0 Å². The number of nitro benzene ring substituents is 1. The van der Waals surface area contributed by atoms with Crippen LogP contribution < -0.4 is 41.5 Å². The molecule has 8 heterocycles. The van der Waals surface area contributed by atoms with E-state index in [1.165, 1.54) is 106 Å². The third-order valence-corrected chi connectivity index (χ3v) is 17.0. The Labute approximate surface area is 623 Å². The lowest BCUT2D eigenvalue weighted by molar-refractivity contribution is -0.384. The number of hydrogen-bond donors (Lipinski definition) is 10. The lowest BCUT2D eigenvalue weighted by atomic mass is 9.84. The quantitative estimate of drug-likeness (QED) is 0.00982. The molecule has 1 fully saturated rings. The van der Waals surface area contributed by atoms with Gasteiger partial charge in [0.15, 0.2) is 62.1 Å². The van der Waals surface area contributed by atoms with Crippen LogP contribution in [0.2, 0.25) is 0 Å². The molecule has 0 unspecified atom stereocenters. The Morgan fingerprint density at radius 3 is 1.42 bits per heavy atom. The maximum Gasteiger partial charge on any atom is 0.323 e. The molecule has 578 valence electrons. The summed E-state index contributed by atoms with van der Waals surface area (Å²) in [5.74, 6) is 0.0344. The Morgan fingerprint density at radius 2 is 0.944 bits per heavy atom. The molecule has 36 heteroatoms. The number of non-ortho nitro benzene ring substituents is 1. The molecule has 108 heavy (non-hydrogen) atoms. The Morgan fingerprint density at radius 1 is 0.519 bits per heavy atom. The summed E-state index contributed by atoms with van der Waals surface area (Å²) in [4.78, 5) is 122. The molecular weight excluding hydrogens is 1390 g/mol. The molecule has 10 N–H and O–H groups in total. The van der Waals surface area contributed by atoms with Crippen molar-refractivity contribution < 1.29 is 54.1 Å². The average Bonchev–Trinajstić information content (AvgIpc) is 1.65. The van der Waals surface area contributed by atoms with Crippen LogP contribution in [0.1, 0.15) is 173 Å². The Kier molecular flexibility index (Phi) is 31.0. The molecule has 0 aliphatic heterocycles. The highest BCUT2D eigenvalue weighted by Crippen LogP contribution is 2.34. The van der Waals surface area contributed by atoms with E-state index in [0.717, 1.165) is 90.3 Å². The first-order valence-corrected chi connectivity index (χ1v) is 36.7. The predicted molar refractivity (Wildman–Crippen MR) is 410 cm³/mol. The normalized spacial score (nSPS) is 12.0. The van der Waals surface area contributed by atoms with Crippen LogP contribution in [0.4, 0.5) is 46.9 Å². The lowest BCUT2D eigenvalue weighted by Crippen LogP contribution is -2.19. The molecule has 0 radical (unpaired) electrons. The van der Waals surface area contributed by atoms with Gasteiger partial charge in [-0.25, -0.2) is 19.9 Å². The molecule has 0 saturated heterocycles. The van der Waals surface area contributed by atoms with E-state index in [-0.39, 0.29) is 61.6 Å². The second-order valence-electron chi connectivity index (χ2n) is 26.0. The number of anilines is 7. The summed E-state index contributed by atoms with van der Waals surface area (Å²) in [6, 6.07) is 13.5. The maximum absolute atomic E-state index is 12.9. The first kappa shape index (κ1) is 81.7. The highest BCUT2D eigenvalue weighted by atomic mass is 16.6. The van der Waals surface area contributed by atoms with Gasteiger partial charge in [0.05, 0.1) is 30.2 Å². The third kappa shape index (κ3) is 23.7. The molecular formula is C72H98N24O12. The monoisotopic (exact) mass is 1490 g/mol. The number of unbranched alkanes of at least 4 members (excludes halogenated alkanes) is 7. The van der Waals surface area contributed by atoms with Crippen LogP contribution in [0.3, 0.4) is 0 Å². The van der Waals surface area contributed by atoms with Gasteiger partial charge in [0.2, 0.25) is 23.8 Å². The summed E-state index contributed by atoms with van der Waals surface area (Å²) in [6.07, 6.45) is 23.7. The van der Waals surface area contributed by atoms with E-state index < -0.39 is 28.8 Å². The fraction of sp³-hybridized carbons (Fsp3) is 0.486. The number of carbonyl (C=O) groups is 5. The number of fused-ring (bicyclic) bond motifs is 4. The van der Waals surface area contributed by atoms with E-state index in [1.54, 1.807) is 0 Å². The number of ether oxygens (including phenoxy) is 1. The van der Waals surface area contributed by atoms with Crippen molar-refractivity contribution in [1.82, 2.24) is 78.1 Å². The van der Waals surface area contributed by atoms with Gasteiger partial charge in [0.25, 0.3) is 17.5 Å². The number of nitrogens with one attached hydrogen (secondary N) is 6. The first-order valence-electron chi connectivity index (χ1n) is 36.7. The number of nitrogens with zero attached hydrogens (tertiary/aromatic N) is 18. The molecule has 1 aliphatic rings. The van der Waals surface area contributed by atoms with E-state index in [0.29, 0.717) is 104 Å². The van der Waals surface area contributed by atoms with Gasteiger partial charge in [-0.1, -0.05) is 104 Å². The summed E-state index contributed by atoms with van der Waals surface area (Å²) < 4.78 is 11.6. The smallest absolute Gasteiger partial charge is 0.323 e. The van der Waals surface area contributed by atoms with Gasteiger partial charge in [-0.15, -0.1) is 0 Å². The highest BCUT2D eigenvalue weighted by Gasteiger charge is 2.23. The van der Waals surface area contributed by atoms with Crippen molar-refractivity contribution in [2.24, 2.45) is 0 Å². The zero-order valence-electron chi connectivity index (χ0n) is 62.4. The summed E-state index contributed by atoms with van der Waals surface area (Å²) in [5, 5.41) is 65.9. The minimum absolute atomic E-state index is 0.0609. The van der Waals surface area contributed by atoms with E-state index in [2.05, 4.69) is 119 Å². The topological polar surface area (TPSA) is 468 Å². The average molecular weight is 1490 g/mol. The number of hydrogen-bond acceptors (Lipinski definition) is 26. The summed E-state index contributed by atoms with van der Waals surface area (Å²) in [7, 11) is 1.93. The Bertz CT molecular complexity index is 4610. The fourth-order valence-corrected chi connectivity index (χ4v) is 11.4. The number of imidazole rings is 4. The van der Waals surface area contributed by atoms with Gasteiger partial charge in [0, 0.05) is 63.5 Å². The van der Waals surface area contributed by atoms with Crippen molar-refractivity contribution >= 4 is 121 Å². The van der Waals surface area contributed by atoms with Crippen molar-refractivity contribution in [2.75, 3.05) is 76.6 Å². The number of aromatic nitrogens is 16. The molecule has 36 nitrogen and oxygen atoms in total. The number of benzene rings is 2. The summed E-state index contributed by atoms with van der Waals surface area (Å²) in [6.45, 7) is 17.3. The van der Waals surface area contributed by atoms with E-state index in [1.807, 2.05) is 57.0 Å². The van der Waals surface area contributed by atoms with Gasteiger partial charge in [-0.2, -0.15) is 39.9 Å². The summed E-state index contributed by atoms with van der Waals surface area (Å²) >= 11 is 0. The molecule has 0 atom stereocenters. The number of rotatable bonds is 37. The predicted octanol–water partition coefficient (Wildman–Crippen LogP) is 11.9. The van der Waals surface area contributed by atoms with Crippen LogP contribution in [0, 0.1) is 10.1 Å². The molecule has 8 aromatic heterocycles. The zero-order chi connectivity index (χ0) is 77.7. The molecule has 2 aromatic carbocycles. The number of amides is 1. The van der Waals surface area contributed by atoms with E-state index in [4.69, 9.17) is 20.1 Å². The molecule has 1 amide bonds. The summed E-state index contributed by atoms with van der Waals surface area (Å²) in [5.41, 5.74) is 5.45. The molecule has 10 aromatic rings. The van der Waals surface area contributed by atoms with Crippen molar-refractivity contribution in [3.05, 3.63) is 95.1 Å². The fourth-order valence-electron chi connectivity index (χ4n) is 11.4. The number of carbonyl (C=O) groups excluding carboxylic acids is 1. The first-order chi connectivity index (χ1) is 52.1. The SMILES string of the molecule is CCCCCNc1nc(N(C)CC)c2ncn(CC(=O)O)c2n1.CCCCCNc1nc(NC(C)C)c2ncn(CC(=O)O)c2n1.CCCCCNc1nc(Oc2ccc([N+](=O)[O-])cc2)c2ncn(CC(=O)O)c2n1.CCCCNc1nc(NC(=O)c2ccc(C3CCCCC3)cc2)nc2c1ncn2CC(=O)O. The Balaban J connectivity index is 0.000000184. The minimum Gasteiger partial charge on any atom is -0.480 e. The minimum atomic E-state index is -1.03. The second-order valence-corrected chi connectivity index (χ2v) is 26.0. The van der Waals surface area contributed by atoms with Crippen LogP contribution in [0.25, 0.3) is 44.7 Å². The van der Waals surface area contributed by atoms with E-state index in [9.17, 15) is 39.2 Å². The number of carboxylic acid groups (broad SMARTS) is 4. The van der Waals surface area contributed by atoms with Gasteiger partial charge < -0.3 is 74.9 Å². The number of nitro groups is 1.